The predicted octanol–water partition coefficient (Wildman–Crippen LogP) is -0.403. The molecule has 0 radical (unpaired) electrons. The summed E-state index contributed by atoms with van der Waals surface area (Å²) in [7, 11) is 3.67. The summed E-state index contributed by atoms with van der Waals surface area (Å²) in [5.74, 6) is 0.734. The van der Waals surface area contributed by atoms with Crippen LogP contribution in [0.5, 0.6) is 0 Å². The summed E-state index contributed by atoms with van der Waals surface area (Å²) >= 11 is 0. The zero-order valence-electron chi connectivity index (χ0n) is 8.12. The fraction of sp³-hybridized carbons (Fsp3) is 0.375. The normalized spacial score (nSPS) is 13.1. The third-order valence-corrected chi connectivity index (χ3v) is 2.11. The fourth-order valence-electron chi connectivity index (χ4n) is 1.34. The first-order valence-corrected chi connectivity index (χ1v) is 4.26. The average molecular weight is 192 g/mol. The van der Waals surface area contributed by atoms with Gasteiger partial charge in [-0.2, -0.15) is 10.2 Å². The molecule has 14 heavy (non-hydrogen) atoms. The van der Waals surface area contributed by atoms with Crippen molar-refractivity contribution in [2.75, 3.05) is 0 Å². The standard InChI is InChI=1S/C8H12N6/c1-13-4-6(3-11-13)7(9)8-10-5-12-14(8)2/h3-5,7H,9H2,1-2H3. The summed E-state index contributed by atoms with van der Waals surface area (Å²) in [6.07, 6.45) is 5.10. The van der Waals surface area contributed by atoms with Gasteiger partial charge in [-0.25, -0.2) is 4.98 Å². The SMILES string of the molecule is Cn1cc(C(N)c2ncnn2C)cn1. The minimum Gasteiger partial charge on any atom is -0.318 e. The molecule has 2 N–H and O–H groups in total. The van der Waals surface area contributed by atoms with Crippen molar-refractivity contribution < 1.29 is 0 Å². The maximum atomic E-state index is 6.00. The molecule has 0 spiro atoms. The van der Waals surface area contributed by atoms with Gasteiger partial charge in [0.25, 0.3) is 0 Å². The molecule has 0 aliphatic carbocycles. The third-order valence-electron chi connectivity index (χ3n) is 2.11. The lowest BCUT2D eigenvalue weighted by Gasteiger charge is -2.07. The minimum atomic E-state index is -0.267. The molecular formula is C8H12N6. The Balaban J connectivity index is 2.33. The molecule has 2 rings (SSSR count). The van der Waals surface area contributed by atoms with Crippen LogP contribution in [0.25, 0.3) is 0 Å². The quantitative estimate of drug-likeness (QED) is 0.702. The molecule has 0 aliphatic heterocycles. The van der Waals surface area contributed by atoms with Gasteiger partial charge in [0.05, 0.1) is 12.2 Å². The molecule has 2 aromatic rings. The average Bonchev–Trinajstić information content (AvgIpc) is 2.73. The van der Waals surface area contributed by atoms with Crippen molar-refractivity contribution in [1.82, 2.24) is 24.5 Å². The highest BCUT2D eigenvalue weighted by atomic mass is 15.3. The predicted molar refractivity (Wildman–Crippen MR) is 50.2 cm³/mol. The van der Waals surface area contributed by atoms with Gasteiger partial charge in [0.15, 0.2) is 0 Å². The van der Waals surface area contributed by atoms with E-state index in [4.69, 9.17) is 5.73 Å². The van der Waals surface area contributed by atoms with E-state index in [1.165, 1.54) is 6.33 Å². The second kappa shape index (κ2) is 3.22. The van der Waals surface area contributed by atoms with E-state index in [0.717, 1.165) is 11.4 Å². The van der Waals surface area contributed by atoms with E-state index in [1.807, 2.05) is 20.3 Å². The highest BCUT2D eigenvalue weighted by Crippen LogP contribution is 2.15. The van der Waals surface area contributed by atoms with Gasteiger partial charge in [-0.05, 0) is 0 Å². The van der Waals surface area contributed by atoms with Gasteiger partial charge in [-0.1, -0.05) is 0 Å². The van der Waals surface area contributed by atoms with Crippen LogP contribution in [-0.4, -0.2) is 24.5 Å². The maximum absolute atomic E-state index is 6.00. The van der Waals surface area contributed by atoms with Crippen LogP contribution < -0.4 is 5.73 Å². The molecule has 1 unspecified atom stereocenters. The lowest BCUT2D eigenvalue weighted by atomic mass is 10.1. The summed E-state index contributed by atoms with van der Waals surface area (Å²) < 4.78 is 3.38. The minimum absolute atomic E-state index is 0.267. The molecule has 6 heteroatoms. The van der Waals surface area contributed by atoms with Crippen LogP contribution in [0.1, 0.15) is 17.4 Å². The van der Waals surface area contributed by atoms with Crippen LogP contribution in [-0.2, 0) is 14.1 Å². The largest absolute Gasteiger partial charge is 0.318 e. The molecule has 2 aromatic heterocycles. The zero-order valence-corrected chi connectivity index (χ0v) is 8.12. The molecule has 0 fully saturated rings. The summed E-state index contributed by atoms with van der Waals surface area (Å²) in [5, 5.41) is 8.02. The Labute approximate surface area is 81.4 Å². The third kappa shape index (κ3) is 1.39. The Bertz CT molecular complexity index is 428. The van der Waals surface area contributed by atoms with E-state index < -0.39 is 0 Å². The number of nitrogens with zero attached hydrogens (tertiary/aromatic N) is 5. The topological polar surface area (TPSA) is 74.6 Å². The second-order valence-electron chi connectivity index (χ2n) is 3.17. The van der Waals surface area contributed by atoms with Gasteiger partial charge in [0.1, 0.15) is 12.2 Å². The van der Waals surface area contributed by atoms with Crippen LogP contribution in [0.4, 0.5) is 0 Å². The van der Waals surface area contributed by atoms with Gasteiger partial charge in [-0.3, -0.25) is 9.36 Å². The van der Waals surface area contributed by atoms with Crippen molar-refractivity contribution in [3.8, 4) is 0 Å². The van der Waals surface area contributed by atoms with E-state index in [0.29, 0.717) is 0 Å². The summed E-state index contributed by atoms with van der Waals surface area (Å²) in [4.78, 5) is 4.09. The number of aryl methyl sites for hydroxylation is 2. The van der Waals surface area contributed by atoms with Gasteiger partial charge < -0.3 is 5.73 Å². The Hall–Kier alpha value is -1.69. The molecule has 2 heterocycles. The monoisotopic (exact) mass is 192 g/mol. The molecule has 1 atom stereocenters. The van der Waals surface area contributed by atoms with Crippen molar-refractivity contribution in [3.63, 3.8) is 0 Å². The van der Waals surface area contributed by atoms with Crippen molar-refractivity contribution in [1.29, 1.82) is 0 Å². The summed E-state index contributed by atoms with van der Waals surface area (Å²) in [6, 6.07) is -0.267. The number of hydrogen-bond donors (Lipinski definition) is 1. The number of aromatic nitrogens is 5. The molecule has 0 saturated carbocycles. The van der Waals surface area contributed by atoms with E-state index in [2.05, 4.69) is 15.2 Å². The van der Waals surface area contributed by atoms with Crippen molar-refractivity contribution in [3.05, 3.63) is 30.1 Å². The first-order valence-electron chi connectivity index (χ1n) is 4.26. The number of nitrogens with two attached hydrogens (primary N) is 1. The smallest absolute Gasteiger partial charge is 0.148 e. The van der Waals surface area contributed by atoms with Crippen LogP contribution in [0.15, 0.2) is 18.7 Å². The van der Waals surface area contributed by atoms with E-state index in [1.54, 1.807) is 15.6 Å². The summed E-state index contributed by atoms with van der Waals surface area (Å²) in [6.45, 7) is 0. The van der Waals surface area contributed by atoms with Gasteiger partial charge in [0.2, 0.25) is 0 Å². The molecule has 0 amide bonds. The highest BCUT2D eigenvalue weighted by Gasteiger charge is 2.15. The molecule has 0 aromatic carbocycles. The van der Waals surface area contributed by atoms with E-state index in [-0.39, 0.29) is 6.04 Å². The van der Waals surface area contributed by atoms with Crippen molar-refractivity contribution >= 4 is 0 Å². The second-order valence-corrected chi connectivity index (χ2v) is 3.17. The fourth-order valence-corrected chi connectivity index (χ4v) is 1.34. The van der Waals surface area contributed by atoms with Crippen LogP contribution in [0.3, 0.4) is 0 Å². The van der Waals surface area contributed by atoms with Crippen LogP contribution >= 0.6 is 0 Å². The van der Waals surface area contributed by atoms with E-state index >= 15 is 0 Å². The summed E-state index contributed by atoms with van der Waals surface area (Å²) in [5.41, 5.74) is 6.93. The first-order chi connectivity index (χ1) is 6.68. The number of hydrogen-bond acceptors (Lipinski definition) is 4. The van der Waals surface area contributed by atoms with Gasteiger partial charge >= 0.3 is 0 Å². The van der Waals surface area contributed by atoms with E-state index in [9.17, 15) is 0 Å². The first kappa shape index (κ1) is 8.89. The Kier molecular flexibility index (Phi) is 2.05. The zero-order chi connectivity index (χ0) is 10.1. The van der Waals surface area contributed by atoms with Crippen molar-refractivity contribution in [2.24, 2.45) is 19.8 Å². The lowest BCUT2D eigenvalue weighted by Crippen LogP contribution is -2.16. The van der Waals surface area contributed by atoms with Crippen LogP contribution in [0, 0.1) is 0 Å². The number of rotatable bonds is 2. The molecule has 74 valence electrons. The lowest BCUT2D eigenvalue weighted by molar-refractivity contribution is 0.658. The van der Waals surface area contributed by atoms with Crippen LogP contribution in [0.2, 0.25) is 0 Å². The molecule has 6 nitrogen and oxygen atoms in total. The molecule has 0 saturated heterocycles. The maximum Gasteiger partial charge on any atom is 0.148 e. The van der Waals surface area contributed by atoms with Gasteiger partial charge in [0, 0.05) is 25.9 Å². The van der Waals surface area contributed by atoms with Crippen molar-refractivity contribution in [2.45, 2.75) is 6.04 Å². The Morgan fingerprint density at radius 1 is 1.36 bits per heavy atom. The molecular weight excluding hydrogens is 180 g/mol. The van der Waals surface area contributed by atoms with Gasteiger partial charge in [-0.15, -0.1) is 0 Å². The Morgan fingerprint density at radius 2 is 2.14 bits per heavy atom. The Morgan fingerprint density at radius 3 is 2.64 bits per heavy atom. The highest BCUT2D eigenvalue weighted by molar-refractivity contribution is 5.17. The molecule has 0 bridgehead atoms. The molecule has 0 aliphatic rings.